The highest BCUT2D eigenvalue weighted by molar-refractivity contribution is 7.99. The molecule has 78 valence electrons. The average molecular weight is 231 g/mol. The first-order valence-corrected chi connectivity index (χ1v) is 6.04. The van der Waals surface area contributed by atoms with Crippen LogP contribution >= 0.6 is 23.4 Å². The molecule has 0 saturated carbocycles. The summed E-state index contributed by atoms with van der Waals surface area (Å²) in [4.78, 5) is 3.93. The lowest BCUT2D eigenvalue weighted by atomic mass is 10.2. The molecule has 1 aromatic heterocycles. The lowest BCUT2D eigenvalue weighted by molar-refractivity contribution is 0.752. The fourth-order valence-electron chi connectivity index (χ4n) is 0.899. The second-order valence-corrected chi connectivity index (χ2v) is 5.59. The third-order valence-electron chi connectivity index (χ3n) is 2.03. The summed E-state index contributed by atoms with van der Waals surface area (Å²) in [5, 5.41) is 3.98. The third-order valence-corrected chi connectivity index (χ3v) is 3.58. The number of hydrogen-bond acceptors (Lipinski definition) is 3. The zero-order valence-corrected chi connectivity index (χ0v) is 10.2. The molecule has 0 aliphatic heterocycles. The molecule has 0 amide bonds. The second kappa shape index (κ2) is 4.89. The van der Waals surface area contributed by atoms with Crippen LogP contribution in [0.4, 0.5) is 5.69 Å². The van der Waals surface area contributed by atoms with Gasteiger partial charge in [-0.25, -0.2) is 0 Å². The largest absolute Gasteiger partial charge is 0.382 e. The molecular weight excluding hydrogens is 216 g/mol. The van der Waals surface area contributed by atoms with Gasteiger partial charge in [-0.05, 0) is 26.2 Å². The zero-order valence-electron chi connectivity index (χ0n) is 8.67. The standard InChI is InChI=1S/C10H15ClN2S/c1-10(2,14-3)7-13-9-4-5-12-6-8(9)11/h4-6H,7H2,1-3H3,(H,12,13). The van der Waals surface area contributed by atoms with E-state index in [1.165, 1.54) is 0 Å². The lowest BCUT2D eigenvalue weighted by Crippen LogP contribution is -2.25. The topological polar surface area (TPSA) is 24.9 Å². The van der Waals surface area contributed by atoms with Gasteiger partial charge in [0.25, 0.3) is 0 Å². The molecule has 0 saturated heterocycles. The predicted molar refractivity (Wildman–Crippen MR) is 65.3 cm³/mol. The van der Waals surface area contributed by atoms with Crippen LogP contribution in [0.5, 0.6) is 0 Å². The SMILES string of the molecule is CSC(C)(C)CNc1ccncc1Cl. The maximum Gasteiger partial charge on any atom is 0.0820 e. The minimum Gasteiger partial charge on any atom is -0.382 e. The summed E-state index contributed by atoms with van der Waals surface area (Å²) in [6.07, 6.45) is 5.49. The smallest absolute Gasteiger partial charge is 0.0820 e. The van der Waals surface area contributed by atoms with Crippen LogP contribution in [0.15, 0.2) is 18.5 Å². The Morgan fingerprint density at radius 3 is 2.86 bits per heavy atom. The van der Waals surface area contributed by atoms with E-state index in [4.69, 9.17) is 11.6 Å². The average Bonchev–Trinajstić information content (AvgIpc) is 2.17. The van der Waals surface area contributed by atoms with Gasteiger partial charge < -0.3 is 5.32 Å². The Balaban J connectivity index is 2.58. The van der Waals surface area contributed by atoms with Gasteiger partial charge in [-0.2, -0.15) is 11.8 Å². The molecule has 0 aromatic carbocycles. The Morgan fingerprint density at radius 2 is 2.29 bits per heavy atom. The molecule has 0 bridgehead atoms. The van der Waals surface area contributed by atoms with Gasteiger partial charge in [0.15, 0.2) is 0 Å². The lowest BCUT2D eigenvalue weighted by Gasteiger charge is -2.23. The number of thioether (sulfide) groups is 1. The molecule has 0 unspecified atom stereocenters. The predicted octanol–water partition coefficient (Wildman–Crippen LogP) is 3.29. The van der Waals surface area contributed by atoms with Crippen molar-refractivity contribution in [1.82, 2.24) is 4.98 Å². The first-order chi connectivity index (χ1) is 6.55. The number of aromatic nitrogens is 1. The van der Waals surface area contributed by atoms with E-state index in [2.05, 4.69) is 30.4 Å². The van der Waals surface area contributed by atoms with Crippen molar-refractivity contribution in [2.24, 2.45) is 0 Å². The first-order valence-electron chi connectivity index (χ1n) is 4.44. The zero-order chi connectivity index (χ0) is 10.6. The molecule has 0 radical (unpaired) electrons. The van der Waals surface area contributed by atoms with E-state index < -0.39 is 0 Å². The number of hydrogen-bond donors (Lipinski definition) is 1. The van der Waals surface area contributed by atoms with Gasteiger partial charge in [0.05, 0.1) is 10.7 Å². The quantitative estimate of drug-likeness (QED) is 0.859. The Labute approximate surface area is 94.5 Å². The Kier molecular flexibility index (Phi) is 4.08. The molecule has 0 aliphatic carbocycles. The molecular formula is C10H15ClN2S. The molecule has 2 nitrogen and oxygen atoms in total. The number of anilines is 1. The number of halogens is 1. The summed E-state index contributed by atoms with van der Waals surface area (Å²) < 4.78 is 0.215. The van der Waals surface area contributed by atoms with E-state index in [0.29, 0.717) is 5.02 Å². The van der Waals surface area contributed by atoms with Gasteiger partial charge in [0.1, 0.15) is 0 Å². The highest BCUT2D eigenvalue weighted by Crippen LogP contribution is 2.24. The van der Waals surface area contributed by atoms with Crippen molar-refractivity contribution in [1.29, 1.82) is 0 Å². The molecule has 0 spiro atoms. The molecule has 4 heteroatoms. The van der Waals surface area contributed by atoms with E-state index in [1.807, 2.05) is 17.8 Å². The van der Waals surface area contributed by atoms with Crippen molar-refractivity contribution in [2.75, 3.05) is 18.1 Å². The maximum atomic E-state index is 5.96. The monoisotopic (exact) mass is 230 g/mol. The highest BCUT2D eigenvalue weighted by Gasteiger charge is 2.15. The van der Waals surface area contributed by atoms with Gasteiger partial charge in [-0.1, -0.05) is 11.6 Å². The van der Waals surface area contributed by atoms with Crippen molar-refractivity contribution in [2.45, 2.75) is 18.6 Å². The molecule has 0 atom stereocenters. The Bertz CT molecular complexity index is 302. The van der Waals surface area contributed by atoms with Gasteiger partial charge in [-0.3, -0.25) is 4.98 Å². The minimum absolute atomic E-state index is 0.215. The molecule has 14 heavy (non-hydrogen) atoms. The molecule has 1 N–H and O–H groups in total. The van der Waals surface area contributed by atoms with Crippen molar-refractivity contribution in [3.8, 4) is 0 Å². The van der Waals surface area contributed by atoms with Crippen LogP contribution in [0, 0.1) is 0 Å². The van der Waals surface area contributed by atoms with Crippen LogP contribution in [0.1, 0.15) is 13.8 Å². The number of nitrogens with one attached hydrogen (secondary N) is 1. The highest BCUT2D eigenvalue weighted by atomic mass is 35.5. The van der Waals surface area contributed by atoms with Crippen LogP contribution < -0.4 is 5.32 Å². The van der Waals surface area contributed by atoms with E-state index in [-0.39, 0.29) is 4.75 Å². The Morgan fingerprint density at radius 1 is 1.57 bits per heavy atom. The fourth-order valence-corrected chi connectivity index (χ4v) is 1.30. The molecule has 0 aliphatic rings. The third kappa shape index (κ3) is 3.39. The summed E-state index contributed by atoms with van der Waals surface area (Å²) in [6, 6.07) is 1.89. The Hall–Kier alpha value is -0.410. The fraction of sp³-hybridized carbons (Fsp3) is 0.500. The van der Waals surface area contributed by atoms with E-state index in [1.54, 1.807) is 12.4 Å². The van der Waals surface area contributed by atoms with Crippen LogP contribution in [0.2, 0.25) is 5.02 Å². The molecule has 1 heterocycles. The summed E-state index contributed by atoms with van der Waals surface area (Å²) in [5.74, 6) is 0. The number of pyridine rings is 1. The summed E-state index contributed by atoms with van der Waals surface area (Å²) in [6.45, 7) is 5.28. The van der Waals surface area contributed by atoms with Gasteiger partial charge in [-0.15, -0.1) is 0 Å². The summed E-state index contributed by atoms with van der Waals surface area (Å²) in [5.41, 5.74) is 0.948. The van der Waals surface area contributed by atoms with Crippen LogP contribution in [0.25, 0.3) is 0 Å². The summed E-state index contributed by atoms with van der Waals surface area (Å²) in [7, 11) is 0. The second-order valence-electron chi connectivity index (χ2n) is 3.67. The van der Waals surface area contributed by atoms with E-state index >= 15 is 0 Å². The van der Waals surface area contributed by atoms with Crippen LogP contribution in [-0.2, 0) is 0 Å². The van der Waals surface area contributed by atoms with Gasteiger partial charge >= 0.3 is 0 Å². The van der Waals surface area contributed by atoms with Crippen LogP contribution in [-0.4, -0.2) is 22.5 Å². The van der Waals surface area contributed by atoms with E-state index in [0.717, 1.165) is 12.2 Å². The normalized spacial score (nSPS) is 11.4. The molecule has 1 aromatic rings. The molecule has 1 rings (SSSR count). The minimum atomic E-state index is 0.215. The van der Waals surface area contributed by atoms with E-state index in [9.17, 15) is 0 Å². The van der Waals surface area contributed by atoms with Gasteiger partial charge in [0, 0.05) is 23.7 Å². The summed E-state index contributed by atoms with van der Waals surface area (Å²) >= 11 is 7.80. The number of rotatable bonds is 4. The van der Waals surface area contributed by atoms with Crippen molar-refractivity contribution in [3.63, 3.8) is 0 Å². The van der Waals surface area contributed by atoms with Crippen LogP contribution in [0.3, 0.4) is 0 Å². The van der Waals surface area contributed by atoms with Gasteiger partial charge in [0.2, 0.25) is 0 Å². The van der Waals surface area contributed by atoms with Crippen molar-refractivity contribution >= 4 is 29.1 Å². The number of nitrogens with zero attached hydrogens (tertiary/aromatic N) is 1. The first kappa shape index (κ1) is 11.7. The van der Waals surface area contributed by atoms with Crippen molar-refractivity contribution in [3.05, 3.63) is 23.5 Å². The van der Waals surface area contributed by atoms with Crippen molar-refractivity contribution < 1.29 is 0 Å². The molecule has 0 fully saturated rings. The maximum absolute atomic E-state index is 5.96.